The van der Waals surface area contributed by atoms with Gasteiger partial charge in [0, 0.05) is 42.8 Å². The summed E-state index contributed by atoms with van der Waals surface area (Å²) in [6, 6.07) is 8.19. The molecule has 0 unspecified atom stereocenters. The zero-order valence-corrected chi connectivity index (χ0v) is 16.5. The van der Waals surface area contributed by atoms with Gasteiger partial charge in [0.15, 0.2) is 0 Å². The fraction of sp³-hybridized carbons (Fsp3) is 0.474. The molecule has 5 nitrogen and oxygen atoms in total. The first-order chi connectivity index (χ1) is 11.8. The number of carbonyl (C=O) groups excluding carboxylic acids is 1. The predicted molar refractivity (Wildman–Crippen MR) is 110 cm³/mol. The Balaban J connectivity index is 0.00000169. The van der Waals surface area contributed by atoms with E-state index in [1.807, 2.05) is 35.0 Å². The van der Waals surface area contributed by atoms with Crippen LogP contribution >= 0.6 is 24.8 Å². The van der Waals surface area contributed by atoms with Gasteiger partial charge in [-0.15, -0.1) is 24.8 Å². The van der Waals surface area contributed by atoms with E-state index in [0.717, 1.165) is 12.2 Å². The molecule has 1 heterocycles. The van der Waals surface area contributed by atoms with Crippen LogP contribution in [0.5, 0.6) is 0 Å². The van der Waals surface area contributed by atoms with Gasteiger partial charge in [-0.1, -0.05) is 25.7 Å². The summed E-state index contributed by atoms with van der Waals surface area (Å²) in [5, 5.41) is 6.56. The Kier molecular flexibility index (Phi) is 10.3. The summed E-state index contributed by atoms with van der Waals surface area (Å²) in [6.07, 6.45) is 13.3. The minimum atomic E-state index is -0.0187. The van der Waals surface area contributed by atoms with Gasteiger partial charge < -0.3 is 15.2 Å². The molecule has 0 radical (unpaired) electrons. The van der Waals surface area contributed by atoms with Crippen molar-refractivity contribution in [2.24, 2.45) is 0 Å². The van der Waals surface area contributed by atoms with Gasteiger partial charge in [0.1, 0.15) is 0 Å². The van der Waals surface area contributed by atoms with Gasteiger partial charge in [-0.2, -0.15) is 0 Å². The first-order valence-electron chi connectivity index (χ1n) is 8.93. The predicted octanol–water partition coefficient (Wildman–Crippen LogP) is 3.76. The smallest absolute Gasteiger partial charge is 0.251 e. The van der Waals surface area contributed by atoms with E-state index in [9.17, 15) is 4.79 Å². The van der Waals surface area contributed by atoms with Crippen molar-refractivity contribution in [3.63, 3.8) is 0 Å². The Labute approximate surface area is 167 Å². The zero-order valence-electron chi connectivity index (χ0n) is 14.9. The van der Waals surface area contributed by atoms with Crippen molar-refractivity contribution in [3.8, 4) is 5.69 Å². The number of carbonyl (C=O) groups is 1. The normalized spacial score (nSPS) is 14.6. The molecule has 1 saturated carbocycles. The third kappa shape index (κ3) is 6.63. The lowest BCUT2D eigenvalue weighted by Crippen LogP contribution is -2.36. The van der Waals surface area contributed by atoms with Crippen LogP contribution in [0.25, 0.3) is 5.69 Å². The summed E-state index contributed by atoms with van der Waals surface area (Å²) in [5.74, 6) is -0.0187. The fourth-order valence-corrected chi connectivity index (χ4v) is 3.23. The Hall–Kier alpha value is -1.56. The van der Waals surface area contributed by atoms with Crippen LogP contribution in [0.1, 0.15) is 48.9 Å². The Morgan fingerprint density at radius 1 is 1.04 bits per heavy atom. The summed E-state index contributed by atoms with van der Waals surface area (Å²) in [6.45, 7) is 1.50. The monoisotopic (exact) mass is 398 g/mol. The second kappa shape index (κ2) is 11.9. The Bertz CT molecular complexity index is 623. The van der Waals surface area contributed by atoms with Crippen molar-refractivity contribution in [3.05, 3.63) is 48.5 Å². The molecule has 1 amide bonds. The number of nitrogens with zero attached hydrogens (tertiary/aromatic N) is 2. The van der Waals surface area contributed by atoms with Crippen LogP contribution in [0, 0.1) is 0 Å². The highest BCUT2D eigenvalue weighted by molar-refractivity contribution is 5.94. The lowest BCUT2D eigenvalue weighted by Gasteiger charge is -2.16. The van der Waals surface area contributed by atoms with E-state index in [2.05, 4.69) is 15.6 Å². The maximum Gasteiger partial charge on any atom is 0.251 e. The molecule has 0 saturated heterocycles. The summed E-state index contributed by atoms with van der Waals surface area (Å²) in [4.78, 5) is 16.2. The maximum atomic E-state index is 12.2. The second-order valence-electron chi connectivity index (χ2n) is 6.42. The van der Waals surface area contributed by atoms with Crippen LogP contribution in [0.2, 0.25) is 0 Å². The third-order valence-electron chi connectivity index (χ3n) is 4.63. The molecule has 0 atom stereocenters. The summed E-state index contributed by atoms with van der Waals surface area (Å²) in [5.41, 5.74) is 1.69. The van der Waals surface area contributed by atoms with E-state index >= 15 is 0 Å². The van der Waals surface area contributed by atoms with E-state index in [4.69, 9.17) is 0 Å². The standard InChI is InChI=1S/C19H26N4O.2ClH/c24-19(22-12-11-21-17-5-3-1-2-4-6-17)16-7-9-18(10-8-16)23-14-13-20-15-23;;/h7-10,13-15,17,21H,1-6,11-12H2,(H,22,24);2*1H. The maximum absolute atomic E-state index is 12.2. The lowest BCUT2D eigenvalue weighted by atomic mass is 10.1. The molecule has 26 heavy (non-hydrogen) atoms. The number of rotatable bonds is 6. The molecule has 1 aromatic heterocycles. The van der Waals surface area contributed by atoms with Gasteiger partial charge in [0.2, 0.25) is 0 Å². The summed E-state index contributed by atoms with van der Waals surface area (Å²) < 4.78 is 1.92. The summed E-state index contributed by atoms with van der Waals surface area (Å²) >= 11 is 0. The highest BCUT2D eigenvalue weighted by atomic mass is 35.5. The van der Waals surface area contributed by atoms with E-state index in [-0.39, 0.29) is 30.7 Å². The van der Waals surface area contributed by atoms with Gasteiger partial charge in [-0.05, 0) is 37.1 Å². The van der Waals surface area contributed by atoms with E-state index in [1.54, 1.807) is 12.5 Å². The van der Waals surface area contributed by atoms with Crippen molar-refractivity contribution in [1.29, 1.82) is 0 Å². The van der Waals surface area contributed by atoms with Crippen molar-refractivity contribution < 1.29 is 4.79 Å². The zero-order chi connectivity index (χ0) is 16.6. The Morgan fingerprint density at radius 3 is 2.35 bits per heavy atom. The van der Waals surface area contributed by atoms with Gasteiger partial charge in [-0.3, -0.25) is 4.79 Å². The number of halogens is 2. The number of hydrogen-bond acceptors (Lipinski definition) is 3. The largest absolute Gasteiger partial charge is 0.351 e. The van der Waals surface area contributed by atoms with E-state index in [1.165, 1.54) is 38.5 Å². The lowest BCUT2D eigenvalue weighted by molar-refractivity contribution is 0.0953. The number of amides is 1. The van der Waals surface area contributed by atoms with E-state index in [0.29, 0.717) is 18.2 Å². The number of nitrogens with one attached hydrogen (secondary N) is 2. The number of benzene rings is 1. The molecule has 0 aliphatic heterocycles. The molecule has 7 heteroatoms. The number of imidazole rings is 1. The number of aromatic nitrogens is 2. The van der Waals surface area contributed by atoms with E-state index < -0.39 is 0 Å². The highest BCUT2D eigenvalue weighted by Crippen LogP contribution is 2.16. The van der Waals surface area contributed by atoms with Crippen molar-refractivity contribution >= 4 is 30.7 Å². The molecular weight excluding hydrogens is 371 g/mol. The van der Waals surface area contributed by atoms with Crippen molar-refractivity contribution in [2.75, 3.05) is 13.1 Å². The van der Waals surface area contributed by atoms with Crippen LogP contribution in [0.3, 0.4) is 0 Å². The van der Waals surface area contributed by atoms with Gasteiger partial charge in [0.05, 0.1) is 6.33 Å². The molecule has 2 aromatic rings. The quantitative estimate of drug-likeness (QED) is 0.575. The van der Waals surface area contributed by atoms with Crippen LogP contribution in [0.15, 0.2) is 43.0 Å². The highest BCUT2D eigenvalue weighted by Gasteiger charge is 2.11. The van der Waals surface area contributed by atoms with Crippen molar-refractivity contribution in [2.45, 2.75) is 44.6 Å². The number of hydrogen-bond donors (Lipinski definition) is 2. The molecule has 1 aromatic carbocycles. The van der Waals surface area contributed by atoms with Crippen molar-refractivity contribution in [1.82, 2.24) is 20.2 Å². The second-order valence-corrected chi connectivity index (χ2v) is 6.42. The molecule has 1 fully saturated rings. The fourth-order valence-electron chi connectivity index (χ4n) is 3.23. The van der Waals surface area contributed by atoms with Gasteiger partial charge in [0.25, 0.3) is 5.91 Å². The molecule has 1 aliphatic rings. The molecule has 0 bridgehead atoms. The Morgan fingerprint density at radius 2 is 1.73 bits per heavy atom. The molecule has 3 rings (SSSR count). The first-order valence-corrected chi connectivity index (χ1v) is 8.93. The average Bonchev–Trinajstić information content (AvgIpc) is 3.03. The molecular formula is C19H28Cl2N4O. The van der Waals surface area contributed by atoms with Crippen LogP contribution in [-0.2, 0) is 0 Å². The van der Waals surface area contributed by atoms with Crippen LogP contribution < -0.4 is 10.6 Å². The molecule has 0 spiro atoms. The first kappa shape index (κ1) is 22.5. The van der Waals surface area contributed by atoms with Crippen LogP contribution in [-0.4, -0.2) is 34.6 Å². The van der Waals surface area contributed by atoms with Gasteiger partial charge >= 0.3 is 0 Å². The summed E-state index contributed by atoms with van der Waals surface area (Å²) in [7, 11) is 0. The minimum Gasteiger partial charge on any atom is -0.351 e. The molecule has 1 aliphatic carbocycles. The molecule has 2 N–H and O–H groups in total. The average molecular weight is 399 g/mol. The third-order valence-corrected chi connectivity index (χ3v) is 4.63. The SMILES string of the molecule is Cl.Cl.O=C(NCCNC1CCCCCC1)c1ccc(-n2ccnc2)cc1. The molecule has 144 valence electrons. The van der Waals surface area contributed by atoms with Crippen LogP contribution in [0.4, 0.5) is 0 Å². The minimum absolute atomic E-state index is 0. The van der Waals surface area contributed by atoms with Gasteiger partial charge in [-0.25, -0.2) is 4.98 Å². The topological polar surface area (TPSA) is 59.0 Å².